The van der Waals surface area contributed by atoms with Crippen molar-refractivity contribution in [3.63, 3.8) is 0 Å². The summed E-state index contributed by atoms with van der Waals surface area (Å²) in [5.41, 5.74) is 1.35. The van der Waals surface area contributed by atoms with E-state index in [1.165, 1.54) is 5.69 Å². The fourth-order valence-corrected chi connectivity index (χ4v) is 1.56. The molecule has 78 valence electrons. The van der Waals surface area contributed by atoms with E-state index in [1.807, 2.05) is 0 Å². The molecule has 0 saturated carbocycles. The van der Waals surface area contributed by atoms with Crippen LogP contribution in [0.2, 0.25) is 0 Å². The molecule has 0 atom stereocenters. The van der Waals surface area contributed by atoms with Crippen molar-refractivity contribution in [2.45, 2.75) is 0 Å². The minimum Gasteiger partial charge on any atom is -0.369 e. The molecule has 0 spiro atoms. The van der Waals surface area contributed by atoms with Crippen LogP contribution < -0.4 is 10.2 Å². The van der Waals surface area contributed by atoms with Crippen molar-refractivity contribution in [3.8, 4) is 0 Å². The van der Waals surface area contributed by atoms with E-state index in [2.05, 4.69) is 40.5 Å². The summed E-state index contributed by atoms with van der Waals surface area (Å²) in [5.74, 6) is 0. The number of anilines is 1. The van der Waals surface area contributed by atoms with Crippen LogP contribution in [0, 0.1) is 0 Å². The molecule has 0 unspecified atom stereocenters. The Morgan fingerprint density at radius 2 is 1.64 bits per heavy atom. The molecule has 1 N–H and O–H groups in total. The Labute approximate surface area is 84.7 Å². The number of nitrogens with zero attached hydrogens (tertiary/aromatic N) is 1. The normalized spacial score (nSPS) is 15.7. The molecule has 1 fully saturated rings. The van der Waals surface area contributed by atoms with Gasteiger partial charge in [0.05, 0.1) is 7.18 Å². The van der Waals surface area contributed by atoms with Gasteiger partial charge in [-0.1, -0.05) is 18.2 Å². The van der Waals surface area contributed by atoms with Gasteiger partial charge in [-0.25, -0.2) is 0 Å². The molecule has 0 radical (unpaired) electrons. The van der Waals surface area contributed by atoms with Gasteiger partial charge in [0.15, 0.2) is 0 Å². The predicted molar refractivity (Wildman–Crippen MR) is 58.6 cm³/mol. The molecule has 2 rings (SSSR count). The minimum absolute atomic E-state index is 0.500. The second-order valence-corrected chi connectivity index (χ2v) is 3.07. The summed E-state index contributed by atoms with van der Waals surface area (Å²) >= 11 is 0. The number of hydrogen-bond donors (Lipinski definition) is 1. The zero-order valence-corrected chi connectivity index (χ0v) is 8.54. The Balaban J connectivity index is 0.000000461. The Bertz CT molecular complexity index is 232. The van der Waals surface area contributed by atoms with Crippen molar-refractivity contribution in [2.24, 2.45) is 0 Å². The average molecular weight is 196 g/mol. The molecular formula is C11H17FN2. The van der Waals surface area contributed by atoms with E-state index in [-0.39, 0.29) is 0 Å². The predicted octanol–water partition coefficient (Wildman–Crippen LogP) is 1.68. The summed E-state index contributed by atoms with van der Waals surface area (Å²) < 4.78 is 9.50. The van der Waals surface area contributed by atoms with Gasteiger partial charge in [-0.3, -0.25) is 4.39 Å². The van der Waals surface area contributed by atoms with Crippen molar-refractivity contribution in [1.29, 1.82) is 0 Å². The SMILES string of the molecule is CF.c1ccc(N2CCNCC2)cc1. The molecule has 0 amide bonds. The van der Waals surface area contributed by atoms with Crippen LogP contribution in [0.15, 0.2) is 30.3 Å². The smallest absolute Gasteiger partial charge is 0.0785 e. The molecule has 1 aliphatic heterocycles. The molecule has 1 heterocycles. The van der Waals surface area contributed by atoms with Crippen LogP contribution in [0.4, 0.5) is 10.1 Å². The zero-order chi connectivity index (χ0) is 10.2. The quantitative estimate of drug-likeness (QED) is 0.735. The van der Waals surface area contributed by atoms with E-state index in [0.29, 0.717) is 7.18 Å². The lowest BCUT2D eigenvalue weighted by atomic mass is 10.2. The third kappa shape index (κ3) is 3.00. The molecule has 1 saturated heterocycles. The molecule has 0 aliphatic carbocycles. The first-order valence-electron chi connectivity index (χ1n) is 4.85. The summed E-state index contributed by atoms with van der Waals surface area (Å²) in [6.07, 6.45) is 0. The zero-order valence-electron chi connectivity index (χ0n) is 8.54. The van der Waals surface area contributed by atoms with Crippen LogP contribution in [-0.4, -0.2) is 33.4 Å². The Morgan fingerprint density at radius 3 is 2.21 bits per heavy atom. The van der Waals surface area contributed by atoms with Crippen molar-refractivity contribution in [2.75, 3.05) is 38.3 Å². The lowest BCUT2D eigenvalue weighted by molar-refractivity contribution is 0.589. The largest absolute Gasteiger partial charge is 0.369 e. The van der Waals surface area contributed by atoms with E-state index >= 15 is 0 Å². The maximum absolute atomic E-state index is 9.50. The van der Waals surface area contributed by atoms with Crippen molar-refractivity contribution >= 4 is 5.69 Å². The van der Waals surface area contributed by atoms with Crippen LogP contribution in [0.3, 0.4) is 0 Å². The van der Waals surface area contributed by atoms with Gasteiger partial charge in [0, 0.05) is 31.9 Å². The topological polar surface area (TPSA) is 15.3 Å². The van der Waals surface area contributed by atoms with E-state index in [9.17, 15) is 4.39 Å². The summed E-state index contributed by atoms with van der Waals surface area (Å²) in [4.78, 5) is 2.41. The van der Waals surface area contributed by atoms with Gasteiger partial charge in [-0.2, -0.15) is 0 Å². The molecule has 1 aromatic carbocycles. The average Bonchev–Trinajstić information content (AvgIpc) is 2.34. The van der Waals surface area contributed by atoms with Gasteiger partial charge < -0.3 is 10.2 Å². The molecule has 2 nitrogen and oxygen atoms in total. The lowest BCUT2D eigenvalue weighted by Crippen LogP contribution is -2.43. The summed E-state index contributed by atoms with van der Waals surface area (Å²) in [6.45, 7) is 4.47. The standard InChI is InChI=1S/C10H14N2.CH3F/c1-2-4-10(5-3-1)12-8-6-11-7-9-12;1-2/h1-5,11H,6-9H2;1H3. The highest BCUT2D eigenvalue weighted by molar-refractivity contribution is 5.46. The third-order valence-corrected chi connectivity index (χ3v) is 2.24. The van der Waals surface area contributed by atoms with Crippen molar-refractivity contribution < 1.29 is 4.39 Å². The fraction of sp³-hybridized carbons (Fsp3) is 0.455. The highest BCUT2D eigenvalue weighted by Crippen LogP contribution is 2.12. The summed E-state index contributed by atoms with van der Waals surface area (Å²) in [5, 5.41) is 3.34. The second-order valence-electron chi connectivity index (χ2n) is 3.07. The Morgan fingerprint density at radius 1 is 1.07 bits per heavy atom. The maximum Gasteiger partial charge on any atom is 0.0785 e. The van der Waals surface area contributed by atoms with Crippen LogP contribution >= 0.6 is 0 Å². The number of piperazine rings is 1. The van der Waals surface area contributed by atoms with Gasteiger partial charge in [0.25, 0.3) is 0 Å². The molecule has 0 bridgehead atoms. The Hall–Kier alpha value is -1.09. The van der Waals surface area contributed by atoms with Gasteiger partial charge in [0.1, 0.15) is 0 Å². The second kappa shape index (κ2) is 6.38. The van der Waals surface area contributed by atoms with E-state index in [0.717, 1.165) is 26.2 Å². The van der Waals surface area contributed by atoms with Crippen molar-refractivity contribution in [1.82, 2.24) is 5.32 Å². The number of rotatable bonds is 1. The summed E-state index contributed by atoms with van der Waals surface area (Å²) in [7, 11) is 0.500. The number of halogens is 1. The highest BCUT2D eigenvalue weighted by Gasteiger charge is 2.08. The van der Waals surface area contributed by atoms with Gasteiger partial charge >= 0.3 is 0 Å². The third-order valence-electron chi connectivity index (χ3n) is 2.24. The van der Waals surface area contributed by atoms with E-state index < -0.39 is 0 Å². The van der Waals surface area contributed by atoms with Crippen LogP contribution in [0.5, 0.6) is 0 Å². The number of nitrogens with one attached hydrogen (secondary N) is 1. The number of hydrogen-bond acceptors (Lipinski definition) is 2. The molecule has 1 aromatic rings. The van der Waals surface area contributed by atoms with Gasteiger partial charge in [-0.05, 0) is 12.1 Å². The molecule has 3 heteroatoms. The van der Waals surface area contributed by atoms with Crippen LogP contribution in [0.25, 0.3) is 0 Å². The summed E-state index contributed by atoms with van der Waals surface area (Å²) in [6, 6.07) is 10.6. The Kier molecular flexibility index (Phi) is 5.00. The number of para-hydroxylation sites is 1. The van der Waals surface area contributed by atoms with E-state index in [4.69, 9.17) is 0 Å². The van der Waals surface area contributed by atoms with Gasteiger partial charge in [-0.15, -0.1) is 0 Å². The van der Waals surface area contributed by atoms with Crippen molar-refractivity contribution in [3.05, 3.63) is 30.3 Å². The first kappa shape index (κ1) is 11.0. The molecule has 14 heavy (non-hydrogen) atoms. The van der Waals surface area contributed by atoms with Crippen LogP contribution in [0.1, 0.15) is 0 Å². The van der Waals surface area contributed by atoms with E-state index in [1.54, 1.807) is 0 Å². The molecule has 1 aliphatic rings. The first-order valence-corrected chi connectivity index (χ1v) is 4.85. The highest BCUT2D eigenvalue weighted by atomic mass is 19.1. The first-order chi connectivity index (χ1) is 6.97. The lowest BCUT2D eigenvalue weighted by Gasteiger charge is -2.29. The molecular weight excluding hydrogens is 179 g/mol. The fourth-order valence-electron chi connectivity index (χ4n) is 1.56. The molecule has 0 aromatic heterocycles. The minimum atomic E-state index is 0.500. The maximum atomic E-state index is 9.50. The monoisotopic (exact) mass is 196 g/mol. The van der Waals surface area contributed by atoms with Gasteiger partial charge in [0.2, 0.25) is 0 Å². The number of benzene rings is 1. The number of alkyl halides is 1. The van der Waals surface area contributed by atoms with Crippen LogP contribution in [-0.2, 0) is 0 Å².